The molecule has 0 aliphatic heterocycles. The van der Waals surface area contributed by atoms with Gasteiger partial charge in [-0.05, 0) is 30.5 Å². The molecule has 238 valence electrons. The standard InChI is InChI=1S/C38H69NO2/c1-2-3-4-5-6-7-8-9-10-11-12-13-14-15-16-17-18-19-20-21-22-23-24-25-26-27-28-29-38(41)39-35-34-36-30-32-37(40)33-31-36/h30-33,40H,2-29,34-35H2,1H3,(H,39,41). The quantitative estimate of drug-likeness (QED) is 0.0871. The molecule has 0 saturated heterocycles. The molecule has 1 amide bonds. The number of carbonyl (C=O) groups excluding carboxylic acids is 1. The normalized spacial score (nSPS) is 11.2. The smallest absolute Gasteiger partial charge is 0.220 e. The molecule has 0 aliphatic rings. The van der Waals surface area contributed by atoms with E-state index in [1.165, 1.54) is 167 Å². The molecular weight excluding hydrogens is 502 g/mol. The fourth-order valence-corrected chi connectivity index (χ4v) is 5.88. The predicted octanol–water partition coefficient (Wildman–Crippen LogP) is 12.0. The van der Waals surface area contributed by atoms with Crippen molar-refractivity contribution in [2.24, 2.45) is 0 Å². The molecule has 0 spiro atoms. The highest BCUT2D eigenvalue weighted by Gasteiger charge is 2.02. The molecule has 0 fully saturated rings. The van der Waals surface area contributed by atoms with Crippen molar-refractivity contribution in [3.8, 4) is 5.75 Å². The first-order valence-electron chi connectivity index (χ1n) is 18.3. The Balaban J connectivity index is 1.68. The summed E-state index contributed by atoms with van der Waals surface area (Å²) < 4.78 is 0. The SMILES string of the molecule is CCCCCCCCCCCCCCCCCCCCCCCCCCCCCC(=O)NCCc1ccc(O)cc1. The van der Waals surface area contributed by atoms with E-state index in [0.717, 1.165) is 18.4 Å². The van der Waals surface area contributed by atoms with Crippen LogP contribution in [0, 0.1) is 0 Å². The van der Waals surface area contributed by atoms with Crippen LogP contribution in [0.2, 0.25) is 0 Å². The molecule has 0 heterocycles. The number of aromatic hydroxyl groups is 1. The van der Waals surface area contributed by atoms with Crippen molar-refractivity contribution in [3.63, 3.8) is 0 Å². The first-order chi connectivity index (χ1) is 20.2. The number of amides is 1. The predicted molar refractivity (Wildman–Crippen MR) is 180 cm³/mol. The lowest BCUT2D eigenvalue weighted by Crippen LogP contribution is -2.25. The van der Waals surface area contributed by atoms with Crippen LogP contribution in [0.15, 0.2) is 24.3 Å². The van der Waals surface area contributed by atoms with Crippen LogP contribution < -0.4 is 5.32 Å². The maximum atomic E-state index is 12.0. The molecule has 1 aromatic carbocycles. The fraction of sp³-hybridized carbons (Fsp3) is 0.816. The summed E-state index contributed by atoms with van der Waals surface area (Å²) in [7, 11) is 0. The van der Waals surface area contributed by atoms with E-state index in [1.54, 1.807) is 12.1 Å². The van der Waals surface area contributed by atoms with Crippen LogP contribution in [0.5, 0.6) is 5.75 Å². The van der Waals surface area contributed by atoms with Crippen LogP contribution in [0.1, 0.15) is 192 Å². The second-order valence-corrected chi connectivity index (χ2v) is 12.7. The number of benzene rings is 1. The van der Waals surface area contributed by atoms with Crippen molar-refractivity contribution in [1.29, 1.82) is 0 Å². The minimum absolute atomic E-state index is 0.170. The lowest BCUT2D eigenvalue weighted by molar-refractivity contribution is -0.121. The Morgan fingerprint density at radius 1 is 0.512 bits per heavy atom. The molecular formula is C38H69NO2. The summed E-state index contributed by atoms with van der Waals surface area (Å²) in [6, 6.07) is 7.20. The van der Waals surface area contributed by atoms with Gasteiger partial charge in [0.2, 0.25) is 5.91 Å². The van der Waals surface area contributed by atoms with Gasteiger partial charge in [0.25, 0.3) is 0 Å². The largest absolute Gasteiger partial charge is 0.508 e. The lowest BCUT2D eigenvalue weighted by atomic mass is 10.0. The molecule has 0 saturated carbocycles. The molecule has 1 aromatic rings. The van der Waals surface area contributed by atoms with Crippen LogP contribution in [0.3, 0.4) is 0 Å². The zero-order valence-corrected chi connectivity index (χ0v) is 27.4. The van der Waals surface area contributed by atoms with Crippen molar-refractivity contribution in [2.75, 3.05) is 6.54 Å². The molecule has 41 heavy (non-hydrogen) atoms. The summed E-state index contributed by atoms with van der Waals surface area (Å²) in [5.41, 5.74) is 1.14. The third-order valence-electron chi connectivity index (χ3n) is 8.68. The number of phenols is 1. The monoisotopic (exact) mass is 572 g/mol. The first-order valence-corrected chi connectivity index (χ1v) is 18.3. The van der Waals surface area contributed by atoms with E-state index in [0.29, 0.717) is 13.0 Å². The highest BCUT2D eigenvalue weighted by atomic mass is 16.3. The Morgan fingerprint density at radius 2 is 0.829 bits per heavy atom. The third-order valence-corrected chi connectivity index (χ3v) is 8.68. The van der Waals surface area contributed by atoms with Crippen LogP contribution in [-0.2, 0) is 11.2 Å². The number of unbranched alkanes of at least 4 members (excludes halogenated alkanes) is 26. The molecule has 0 bridgehead atoms. The van der Waals surface area contributed by atoms with Gasteiger partial charge in [-0.15, -0.1) is 0 Å². The molecule has 0 aliphatic carbocycles. The lowest BCUT2D eigenvalue weighted by Gasteiger charge is -2.06. The van der Waals surface area contributed by atoms with E-state index in [9.17, 15) is 9.90 Å². The summed E-state index contributed by atoms with van der Waals surface area (Å²) in [5.74, 6) is 0.456. The van der Waals surface area contributed by atoms with Crippen LogP contribution >= 0.6 is 0 Å². The Labute approximate surface area is 256 Å². The van der Waals surface area contributed by atoms with Gasteiger partial charge in [-0.25, -0.2) is 0 Å². The maximum absolute atomic E-state index is 12.0. The zero-order valence-electron chi connectivity index (χ0n) is 27.4. The van der Waals surface area contributed by atoms with Gasteiger partial charge in [0.05, 0.1) is 0 Å². The van der Waals surface area contributed by atoms with Gasteiger partial charge in [-0.2, -0.15) is 0 Å². The van der Waals surface area contributed by atoms with Gasteiger partial charge in [0, 0.05) is 13.0 Å². The van der Waals surface area contributed by atoms with Crippen molar-refractivity contribution < 1.29 is 9.90 Å². The van der Waals surface area contributed by atoms with E-state index in [1.807, 2.05) is 12.1 Å². The minimum Gasteiger partial charge on any atom is -0.508 e. The topological polar surface area (TPSA) is 49.3 Å². The van der Waals surface area contributed by atoms with E-state index >= 15 is 0 Å². The van der Waals surface area contributed by atoms with Crippen molar-refractivity contribution in [2.45, 2.75) is 193 Å². The van der Waals surface area contributed by atoms with Crippen molar-refractivity contribution in [1.82, 2.24) is 5.32 Å². The van der Waals surface area contributed by atoms with Crippen molar-refractivity contribution >= 4 is 5.91 Å². The average Bonchev–Trinajstić information content (AvgIpc) is 2.98. The highest BCUT2D eigenvalue weighted by Crippen LogP contribution is 2.16. The van der Waals surface area contributed by atoms with Crippen LogP contribution in [0.25, 0.3) is 0 Å². The molecule has 3 heteroatoms. The second kappa shape index (κ2) is 30.0. The summed E-state index contributed by atoms with van der Waals surface area (Å²) in [6.07, 6.45) is 39.4. The number of nitrogens with one attached hydrogen (secondary N) is 1. The molecule has 1 rings (SSSR count). The first kappa shape index (κ1) is 37.5. The molecule has 0 aromatic heterocycles. The number of hydrogen-bond donors (Lipinski definition) is 2. The summed E-state index contributed by atoms with van der Waals surface area (Å²) in [4.78, 5) is 12.0. The Kier molecular flexibility index (Phi) is 27.4. The summed E-state index contributed by atoms with van der Waals surface area (Å²) >= 11 is 0. The zero-order chi connectivity index (χ0) is 29.5. The molecule has 0 atom stereocenters. The molecule has 0 unspecified atom stereocenters. The number of rotatable bonds is 31. The Hall–Kier alpha value is -1.51. The minimum atomic E-state index is 0.170. The van der Waals surface area contributed by atoms with Gasteiger partial charge < -0.3 is 10.4 Å². The summed E-state index contributed by atoms with van der Waals surface area (Å²) in [6.45, 7) is 2.97. The van der Waals surface area contributed by atoms with E-state index in [2.05, 4.69) is 12.2 Å². The highest BCUT2D eigenvalue weighted by molar-refractivity contribution is 5.75. The van der Waals surface area contributed by atoms with Gasteiger partial charge in [0.15, 0.2) is 0 Å². The number of carbonyl (C=O) groups is 1. The van der Waals surface area contributed by atoms with Gasteiger partial charge in [0.1, 0.15) is 5.75 Å². The van der Waals surface area contributed by atoms with Crippen LogP contribution in [-0.4, -0.2) is 17.6 Å². The molecule has 2 N–H and O–H groups in total. The third kappa shape index (κ3) is 27.1. The Bertz CT molecular complexity index is 671. The maximum Gasteiger partial charge on any atom is 0.220 e. The average molecular weight is 572 g/mol. The van der Waals surface area contributed by atoms with E-state index in [4.69, 9.17) is 0 Å². The number of phenolic OH excluding ortho intramolecular Hbond substituents is 1. The van der Waals surface area contributed by atoms with E-state index in [-0.39, 0.29) is 11.7 Å². The fourth-order valence-electron chi connectivity index (χ4n) is 5.88. The van der Waals surface area contributed by atoms with Gasteiger partial charge in [-0.1, -0.05) is 186 Å². The second-order valence-electron chi connectivity index (χ2n) is 12.7. The van der Waals surface area contributed by atoms with Gasteiger partial charge >= 0.3 is 0 Å². The van der Waals surface area contributed by atoms with Gasteiger partial charge in [-0.3, -0.25) is 4.79 Å². The summed E-state index contributed by atoms with van der Waals surface area (Å²) in [5, 5.41) is 12.3. The van der Waals surface area contributed by atoms with Crippen LogP contribution in [0.4, 0.5) is 0 Å². The van der Waals surface area contributed by atoms with Crippen molar-refractivity contribution in [3.05, 3.63) is 29.8 Å². The molecule has 3 nitrogen and oxygen atoms in total. The van der Waals surface area contributed by atoms with E-state index < -0.39 is 0 Å². The Morgan fingerprint density at radius 3 is 1.17 bits per heavy atom. The molecule has 0 radical (unpaired) electrons. The number of hydrogen-bond acceptors (Lipinski definition) is 2.